The minimum atomic E-state index is -0.274. The molecule has 0 bridgehead atoms. The van der Waals surface area contributed by atoms with Crippen LogP contribution in [0, 0.1) is 13.8 Å². The molecule has 0 saturated heterocycles. The maximum atomic E-state index is 12.6. The van der Waals surface area contributed by atoms with Crippen LogP contribution in [0.3, 0.4) is 0 Å². The number of aryl methyl sites for hydroxylation is 2. The molecular weight excluding hydrogens is 436 g/mol. The topological polar surface area (TPSA) is 59.8 Å². The van der Waals surface area contributed by atoms with Crippen LogP contribution in [-0.2, 0) is 17.0 Å². The Morgan fingerprint density at radius 2 is 1.84 bits per heavy atom. The van der Waals surface area contributed by atoms with E-state index in [0.717, 1.165) is 27.3 Å². The molecule has 0 fully saturated rings. The Kier molecular flexibility index (Phi) is 7.07. The third-order valence-electron chi connectivity index (χ3n) is 5.25. The number of thiophene rings is 1. The van der Waals surface area contributed by atoms with Crippen LogP contribution in [-0.4, -0.2) is 20.7 Å². The quantitative estimate of drug-likeness (QED) is 0.343. The highest BCUT2D eigenvalue weighted by atomic mass is 32.2. The van der Waals surface area contributed by atoms with Crippen molar-refractivity contribution in [2.24, 2.45) is 0 Å². The van der Waals surface area contributed by atoms with Crippen LogP contribution in [0.25, 0.3) is 5.69 Å². The molecule has 2 aromatic heterocycles. The zero-order valence-corrected chi connectivity index (χ0v) is 20.0. The molecule has 32 heavy (non-hydrogen) atoms. The van der Waals surface area contributed by atoms with Crippen molar-refractivity contribution in [2.75, 3.05) is 0 Å². The predicted molar refractivity (Wildman–Crippen MR) is 131 cm³/mol. The van der Waals surface area contributed by atoms with E-state index in [1.807, 2.05) is 24.4 Å². The molecule has 4 aromatic rings. The van der Waals surface area contributed by atoms with Crippen LogP contribution in [0.5, 0.6) is 0 Å². The van der Waals surface area contributed by atoms with Gasteiger partial charge in [0.2, 0.25) is 5.91 Å². The van der Waals surface area contributed by atoms with E-state index < -0.39 is 0 Å². The summed E-state index contributed by atoms with van der Waals surface area (Å²) in [4.78, 5) is 13.6. The lowest BCUT2D eigenvalue weighted by Crippen LogP contribution is -2.29. The summed E-state index contributed by atoms with van der Waals surface area (Å²) in [6.45, 7) is 6.14. The summed E-state index contributed by atoms with van der Waals surface area (Å²) >= 11 is 3.24. The average molecular weight is 463 g/mol. The molecule has 0 aliphatic heterocycles. The highest BCUT2D eigenvalue weighted by Crippen LogP contribution is 2.28. The van der Waals surface area contributed by atoms with Crippen LogP contribution in [0.4, 0.5) is 0 Å². The van der Waals surface area contributed by atoms with Gasteiger partial charge in [-0.05, 0) is 55.5 Å². The molecule has 164 valence electrons. The highest BCUT2D eigenvalue weighted by molar-refractivity contribution is 7.98. The van der Waals surface area contributed by atoms with Crippen LogP contribution < -0.4 is 5.32 Å². The Morgan fingerprint density at radius 1 is 1.06 bits per heavy atom. The Labute approximate surface area is 196 Å². The second kappa shape index (κ2) is 10.1. The molecular formula is C25H26N4OS2. The maximum Gasteiger partial charge on any atom is 0.225 e. The van der Waals surface area contributed by atoms with Gasteiger partial charge in [-0.25, -0.2) is 0 Å². The molecule has 0 aliphatic carbocycles. The first-order chi connectivity index (χ1) is 15.5. The van der Waals surface area contributed by atoms with Crippen molar-refractivity contribution in [3.8, 4) is 5.69 Å². The molecule has 0 spiro atoms. The van der Waals surface area contributed by atoms with E-state index in [0.29, 0.717) is 6.42 Å². The molecule has 1 atom stereocenters. The molecule has 0 aliphatic rings. The number of carbonyl (C=O) groups is 1. The van der Waals surface area contributed by atoms with Crippen LogP contribution >= 0.6 is 23.1 Å². The van der Waals surface area contributed by atoms with E-state index in [1.165, 1.54) is 16.7 Å². The van der Waals surface area contributed by atoms with Crippen LogP contribution in [0.1, 0.15) is 40.4 Å². The van der Waals surface area contributed by atoms with Crippen molar-refractivity contribution in [1.29, 1.82) is 0 Å². The standard InChI is InChI=1S/C25H26N4OS2/c1-17-10-12-21(13-11-17)29-24(19(3)26-23(30)15-22-9-6-14-31-22)27-28-25(29)32-16-20-8-5-4-7-18(20)2/h4-14,19H,15-16H2,1-3H3,(H,26,30). The third-order valence-corrected chi connectivity index (χ3v) is 7.10. The van der Waals surface area contributed by atoms with Gasteiger partial charge >= 0.3 is 0 Å². The van der Waals surface area contributed by atoms with E-state index >= 15 is 0 Å². The fourth-order valence-electron chi connectivity index (χ4n) is 3.43. The molecule has 1 unspecified atom stereocenters. The molecule has 4 rings (SSSR count). The number of nitrogens with zero attached hydrogens (tertiary/aromatic N) is 3. The maximum absolute atomic E-state index is 12.6. The normalized spacial score (nSPS) is 12.0. The van der Waals surface area contributed by atoms with Crippen LogP contribution in [0.15, 0.2) is 71.2 Å². The summed E-state index contributed by atoms with van der Waals surface area (Å²) in [6, 6.07) is 20.3. The average Bonchev–Trinajstić information content (AvgIpc) is 3.43. The number of rotatable bonds is 8. The predicted octanol–water partition coefficient (Wildman–Crippen LogP) is 5.66. The van der Waals surface area contributed by atoms with E-state index in [4.69, 9.17) is 0 Å². The molecule has 5 nitrogen and oxygen atoms in total. The fraction of sp³-hybridized carbons (Fsp3) is 0.240. The van der Waals surface area contributed by atoms with Gasteiger partial charge in [0.1, 0.15) is 0 Å². The van der Waals surface area contributed by atoms with Crippen molar-refractivity contribution < 1.29 is 4.79 Å². The monoisotopic (exact) mass is 462 g/mol. The van der Waals surface area contributed by atoms with Crippen molar-refractivity contribution in [3.05, 3.63) is 93.4 Å². The Balaban J connectivity index is 1.59. The number of hydrogen-bond donors (Lipinski definition) is 1. The smallest absolute Gasteiger partial charge is 0.225 e. The first kappa shape index (κ1) is 22.3. The van der Waals surface area contributed by atoms with Gasteiger partial charge in [0.05, 0.1) is 12.5 Å². The molecule has 0 radical (unpaired) electrons. The second-order valence-corrected chi connectivity index (χ2v) is 9.75. The number of aromatic nitrogens is 3. The molecule has 0 saturated carbocycles. The lowest BCUT2D eigenvalue weighted by molar-refractivity contribution is -0.121. The van der Waals surface area contributed by atoms with Gasteiger partial charge in [-0.15, -0.1) is 21.5 Å². The number of amides is 1. The zero-order valence-electron chi connectivity index (χ0n) is 18.4. The van der Waals surface area contributed by atoms with Gasteiger partial charge in [0.25, 0.3) is 0 Å². The Morgan fingerprint density at radius 3 is 2.56 bits per heavy atom. The van der Waals surface area contributed by atoms with Gasteiger partial charge in [-0.2, -0.15) is 0 Å². The van der Waals surface area contributed by atoms with E-state index in [-0.39, 0.29) is 11.9 Å². The van der Waals surface area contributed by atoms with Crippen molar-refractivity contribution in [1.82, 2.24) is 20.1 Å². The summed E-state index contributed by atoms with van der Waals surface area (Å²) in [5.41, 5.74) is 4.71. The van der Waals surface area contributed by atoms with E-state index in [2.05, 4.69) is 82.5 Å². The summed E-state index contributed by atoms with van der Waals surface area (Å²) in [5, 5.41) is 14.9. The molecule has 2 aromatic carbocycles. The van der Waals surface area contributed by atoms with Gasteiger partial charge < -0.3 is 5.32 Å². The van der Waals surface area contributed by atoms with Gasteiger partial charge in [-0.1, -0.05) is 59.8 Å². The lowest BCUT2D eigenvalue weighted by atomic mass is 10.1. The minimum absolute atomic E-state index is 0.0208. The first-order valence-corrected chi connectivity index (χ1v) is 12.4. The SMILES string of the molecule is Cc1ccc(-n2c(SCc3ccccc3C)nnc2C(C)NC(=O)Cc2cccs2)cc1. The van der Waals surface area contributed by atoms with Gasteiger partial charge in [0, 0.05) is 16.3 Å². The lowest BCUT2D eigenvalue weighted by Gasteiger charge is -2.16. The Bertz CT molecular complexity index is 1180. The number of thioether (sulfide) groups is 1. The number of nitrogens with one attached hydrogen (secondary N) is 1. The van der Waals surface area contributed by atoms with Crippen molar-refractivity contribution >= 4 is 29.0 Å². The second-order valence-electron chi connectivity index (χ2n) is 7.77. The summed E-state index contributed by atoms with van der Waals surface area (Å²) in [6.07, 6.45) is 0.371. The summed E-state index contributed by atoms with van der Waals surface area (Å²) in [7, 11) is 0. The number of carbonyl (C=O) groups excluding carboxylic acids is 1. The van der Waals surface area contributed by atoms with Gasteiger partial charge in [-0.3, -0.25) is 9.36 Å². The van der Waals surface area contributed by atoms with Crippen molar-refractivity contribution in [3.63, 3.8) is 0 Å². The van der Waals surface area contributed by atoms with Crippen LogP contribution in [0.2, 0.25) is 0 Å². The number of hydrogen-bond acceptors (Lipinski definition) is 5. The van der Waals surface area contributed by atoms with Gasteiger partial charge in [0.15, 0.2) is 11.0 Å². The summed E-state index contributed by atoms with van der Waals surface area (Å²) in [5.74, 6) is 1.50. The largest absolute Gasteiger partial charge is 0.346 e. The zero-order chi connectivity index (χ0) is 22.5. The van der Waals surface area contributed by atoms with E-state index in [1.54, 1.807) is 23.1 Å². The fourth-order valence-corrected chi connectivity index (χ4v) is 5.17. The summed E-state index contributed by atoms with van der Waals surface area (Å²) < 4.78 is 2.05. The van der Waals surface area contributed by atoms with E-state index in [9.17, 15) is 4.79 Å². The first-order valence-electron chi connectivity index (χ1n) is 10.5. The molecule has 7 heteroatoms. The number of benzene rings is 2. The third kappa shape index (κ3) is 5.29. The van der Waals surface area contributed by atoms with Crippen molar-refractivity contribution in [2.45, 2.75) is 44.1 Å². The minimum Gasteiger partial charge on any atom is -0.346 e. The Hall–Kier alpha value is -2.90. The highest BCUT2D eigenvalue weighted by Gasteiger charge is 2.21. The molecule has 1 N–H and O–H groups in total. The molecule has 2 heterocycles. The molecule has 1 amide bonds.